The summed E-state index contributed by atoms with van der Waals surface area (Å²) in [4.78, 5) is 21.6. The predicted molar refractivity (Wildman–Crippen MR) is 43.3 cm³/mol. The third kappa shape index (κ3) is 3.27. The Labute approximate surface area is 69.1 Å². The lowest BCUT2D eigenvalue weighted by Crippen LogP contribution is -2.33. The largest absolute Gasteiger partial charge is 0.354 e. The molecule has 1 aliphatic rings. The first kappa shape index (κ1) is 8.39. The smallest absolute Gasteiger partial charge is 0.230 e. The molecule has 4 nitrogen and oxygen atoms in total. The van der Waals surface area contributed by atoms with E-state index in [1.165, 1.54) is 11.8 Å². The Morgan fingerprint density at radius 1 is 1.00 bits per heavy atom. The van der Waals surface area contributed by atoms with E-state index in [0.29, 0.717) is 24.6 Å². The third-order valence-electron chi connectivity index (χ3n) is 1.24. The summed E-state index contributed by atoms with van der Waals surface area (Å²) < 4.78 is 0. The predicted octanol–water partition coefficient (Wildman–Crippen LogP) is -1.03. The van der Waals surface area contributed by atoms with Crippen LogP contribution in [0.1, 0.15) is 0 Å². The van der Waals surface area contributed by atoms with Gasteiger partial charge in [0.05, 0.1) is 11.5 Å². The molecule has 1 heterocycles. The minimum atomic E-state index is 0.00602. The van der Waals surface area contributed by atoms with Crippen LogP contribution in [0, 0.1) is 0 Å². The molecule has 0 aromatic heterocycles. The van der Waals surface area contributed by atoms with Crippen molar-refractivity contribution in [2.45, 2.75) is 0 Å². The lowest BCUT2D eigenvalue weighted by molar-refractivity contribution is -0.119. The van der Waals surface area contributed by atoms with Crippen LogP contribution in [0.4, 0.5) is 0 Å². The van der Waals surface area contributed by atoms with Crippen molar-refractivity contribution < 1.29 is 9.59 Å². The van der Waals surface area contributed by atoms with Crippen molar-refractivity contribution in [3.8, 4) is 0 Å². The maximum absolute atomic E-state index is 10.8. The molecule has 1 rings (SSSR count). The maximum Gasteiger partial charge on any atom is 0.230 e. The van der Waals surface area contributed by atoms with Gasteiger partial charge in [-0.15, -0.1) is 11.8 Å². The van der Waals surface area contributed by atoms with Gasteiger partial charge in [0.2, 0.25) is 11.8 Å². The molecule has 11 heavy (non-hydrogen) atoms. The van der Waals surface area contributed by atoms with Crippen LogP contribution in [0.25, 0.3) is 0 Å². The molecule has 1 aliphatic heterocycles. The summed E-state index contributed by atoms with van der Waals surface area (Å²) in [7, 11) is 0. The first-order valence-corrected chi connectivity index (χ1v) is 4.55. The average molecular weight is 174 g/mol. The van der Waals surface area contributed by atoms with E-state index in [4.69, 9.17) is 0 Å². The average Bonchev–Trinajstić information content (AvgIpc) is 2.04. The minimum absolute atomic E-state index is 0.00602. The van der Waals surface area contributed by atoms with Crippen LogP contribution >= 0.6 is 11.8 Å². The van der Waals surface area contributed by atoms with E-state index in [1.54, 1.807) is 0 Å². The van der Waals surface area contributed by atoms with Gasteiger partial charge in [0, 0.05) is 13.1 Å². The molecule has 0 spiro atoms. The number of hydrogen-bond acceptors (Lipinski definition) is 3. The number of amides is 2. The van der Waals surface area contributed by atoms with Crippen LogP contribution in [-0.4, -0.2) is 36.4 Å². The lowest BCUT2D eigenvalue weighted by Gasteiger charge is -2.00. The highest BCUT2D eigenvalue weighted by molar-refractivity contribution is 8.00. The molecule has 0 aromatic carbocycles. The fourth-order valence-corrected chi connectivity index (χ4v) is 1.42. The van der Waals surface area contributed by atoms with E-state index in [2.05, 4.69) is 10.6 Å². The standard InChI is InChI=1S/C6H10N2O2S/c9-5-3-11-4-6(10)8-2-1-7-5/h1-4H2,(H,7,9)(H,8,10). The number of hydrogen-bond donors (Lipinski definition) is 2. The van der Waals surface area contributed by atoms with Crippen molar-refractivity contribution in [2.24, 2.45) is 0 Å². The number of carbonyl (C=O) groups is 2. The number of nitrogens with one attached hydrogen (secondary N) is 2. The molecule has 0 atom stereocenters. The number of thioether (sulfide) groups is 1. The third-order valence-corrected chi connectivity index (χ3v) is 2.17. The summed E-state index contributed by atoms with van der Waals surface area (Å²) in [5, 5.41) is 5.34. The van der Waals surface area contributed by atoms with E-state index in [1.807, 2.05) is 0 Å². The zero-order valence-electron chi connectivity index (χ0n) is 6.05. The highest BCUT2D eigenvalue weighted by atomic mass is 32.2. The molecule has 0 aliphatic carbocycles. The zero-order chi connectivity index (χ0) is 8.10. The Morgan fingerprint density at radius 3 is 1.91 bits per heavy atom. The Kier molecular flexibility index (Phi) is 3.22. The van der Waals surface area contributed by atoms with Crippen LogP contribution in [0.2, 0.25) is 0 Å². The van der Waals surface area contributed by atoms with Crippen molar-refractivity contribution in [1.29, 1.82) is 0 Å². The normalized spacial score (nSPS) is 20.7. The molecule has 0 saturated carbocycles. The number of carbonyl (C=O) groups excluding carboxylic acids is 2. The van der Waals surface area contributed by atoms with Crippen LogP contribution < -0.4 is 10.6 Å². The highest BCUT2D eigenvalue weighted by Gasteiger charge is 2.07. The molecule has 2 N–H and O–H groups in total. The van der Waals surface area contributed by atoms with Crippen molar-refractivity contribution in [3.63, 3.8) is 0 Å². The molecule has 0 unspecified atom stereocenters. The molecule has 0 aromatic rings. The van der Waals surface area contributed by atoms with Crippen LogP contribution in [0.5, 0.6) is 0 Å². The molecule has 1 saturated heterocycles. The molecule has 1 fully saturated rings. The molecule has 62 valence electrons. The summed E-state index contributed by atoms with van der Waals surface area (Å²) in [5.74, 6) is 0.777. The maximum atomic E-state index is 10.8. The second kappa shape index (κ2) is 4.23. The SMILES string of the molecule is O=C1CSCC(=O)NCCN1. The van der Waals surface area contributed by atoms with E-state index in [9.17, 15) is 9.59 Å². The van der Waals surface area contributed by atoms with E-state index in [-0.39, 0.29) is 11.8 Å². The molecule has 0 bridgehead atoms. The highest BCUT2D eigenvalue weighted by Crippen LogP contribution is 1.98. The molecular formula is C6H10N2O2S. The van der Waals surface area contributed by atoms with E-state index >= 15 is 0 Å². The van der Waals surface area contributed by atoms with Gasteiger partial charge in [-0.1, -0.05) is 0 Å². The summed E-state index contributed by atoms with van der Waals surface area (Å²) in [6.07, 6.45) is 0. The van der Waals surface area contributed by atoms with Crippen LogP contribution in [0.3, 0.4) is 0 Å². The Bertz CT molecular complexity index is 154. The van der Waals surface area contributed by atoms with Crippen molar-refractivity contribution >= 4 is 23.6 Å². The van der Waals surface area contributed by atoms with Crippen molar-refractivity contribution in [3.05, 3.63) is 0 Å². The Hall–Kier alpha value is -0.710. The second-order valence-corrected chi connectivity index (χ2v) is 3.18. The molecule has 5 heteroatoms. The van der Waals surface area contributed by atoms with Crippen molar-refractivity contribution in [2.75, 3.05) is 24.6 Å². The Morgan fingerprint density at radius 2 is 1.45 bits per heavy atom. The molecule has 2 amide bonds. The summed E-state index contributed by atoms with van der Waals surface area (Å²) in [5.41, 5.74) is 0. The first-order valence-electron chi connectivity index (χ1n) is 3.40. The summed E-state index contributed by atoms with van der Waals surface area (Å²) >= 11 is 1.33. The van der Waals surface area contributed by atoms with Gasteiger partial charge in [-0.05, 0) is 0 Å². The van der Waals surface area contributed by atoms with Crippen molar-refractivity contribution in [1.82, 2.24) is 10.6 Å². The summed E-state index contributed by atoms with van der Waals surface area (Å²) in [6, 6.07) is 0. The Balaban J connectivity index is 2.35. The fraction of sp³-hybridized carbons (Fsp3) is 0.667. The first-order chi connectivity index (χ1) is 5.29. The van der Waals surface area contributed by atoms with Gasteiger partial charge in [0.25, 0.3) is 0 Å². The van der Waals surface area contributed by atoms with Gasteiger partial charge < -0.3 is 10.6 Å². The lowest BCUT2D eigenvalue weighted by atomic mass is 10.5. The molecular weight excluding hydrogens is 164 g/mol. The van der Waals surface area contributed by atoms with Gasteiger partial charge in [0.1, 0.15) is 0 Å². The second-order valence-electron chi connectivity index (χ2n) is 2.19. The monoisotopic (exact) mass is 174 g/mol. The van der Waals surface area contributed by atoms with Gasteiger partial charge in [0.15, 0.2) is 0 Å². The quantitative estimate of drug-likeness (QED) is 0.493. The fourth-order valence-electron chi connectivity index (χ4n) is 0.742. The summed E-state index contributed by atoms with van der Waals surface area (Å²) in [6.45, 7) is 1.07. The van der Waals surface area contributed by atoms with Crippen LogP contribution in [-0.2, 0) is 9.59 Å². The zero-order valence-corrected chi connectivity index (χ0v) is 6.87. The van der Waals surface area contributed by atoms with Gasteiger partial charge in [-0.3, -0.25) is 9.59 Å². The van der Waals surface area contributed by atoms with E-state index in [0.717, 1.165) is 0 Å². The molecule has 0 radical (unpaired) electrons. The minimum Gasteiger partial charge on any atom is -0.354 e. The van der Waals surface area contributed by atoms with Gasteiger partial charge >= 0.3 is 0 Å². The van der Waals surface area contributed by atoms with Gasteiger partial charge in [-0.25, -0.2) is 0 Å². The number of rotatable bonds is 0. The van der Waals surface area contributed by atoms with Gasteiger partial charge in [-0.2, -0.15) is 0 Å². The topological polar surface area (TPSA) is 58.2 Å². The van der Waals surface area contributed by atoms with Crippen LogP contribution in [0.15, 0.2) is 0 Å². The van der Waals surface area contributed by atoms with E-state index < -0.39 is 0 Å².